The third-order valence-electron chi connectivity index (χ3n) is 8.12. The molecule has 4 rings (SSSR count). The number of ether oxygens (including phenoxy) is 3. The van der Waals surface area contributed by atoms with Crippen LogP contribution in [0, 0.1) is 6.92 Å². The van der Waals surface area contributed by atoms with E-state index in [1.165, 1.54) is 11.1 Å². The Morgan fingerprint density at radius 1 is 1.22 bits per heavy atom. The van der Waals surface area contributed by atoms with Crippen molar-refractivity contribution in [3.8, 4) is 0 Å². The Hall–Kier alpha value is -2.79. The highest BCUT2D eigenvalue weighted by Crippen LogP contribution is 2.31. The van der Waals surface area contributed by atoms with Crippen molar-refractivity contribution >= 4 is 11.7 Å². The van der Waals surface area contributed by atoms with Crippen LogP contribution in [0.2, 0.25) is 0 Å². The number of allylic oxidation sites excluding steroid dienone is 1. The highest BCUT2D eigenvalue weighted by atomic mass is 19.1. The van der Waals surface area contributed by atoms with E-state index in [-0.39, 0.29) is 47.8 Å². The van der Waals surface area contributed by atoms with Crippen LogP contribution in [0.25, 0.3) is 0 Å². The summed E-state index contributed by atoms with van der Waals surface area (Å²) in [5, 5.41) is 6.97. The quantitative estimate of drug-likeness (QED) is 0.162. The predicted molar refractivity (Wildman–Crippen MR) is 158 cm³/mol. The van der Waals surface area contributed by atoms with Gasteiger partial charge in [-0.25, -0.2) is 9.38 Å². The maximum absolute atomic E-state index is 13.4. The second-order valence-corrected chi connectivity index (χ2v) is 11.2. The molecule has 3 fully saturated rings. The summed E-state index contributed by atoms with van der Waals surface area (Å²) < 4.78 is 30.7. The number of likely N-dealkylation sites (tertiary alicyclic amines) is 1. The van der Waals surface area contributed by atoms with E-state index in [0.29, 0.717) is 31.9 Å². The first kappa shape index (κ1) is 31.2. The lowest BCUT2D eigenvalue weighted by molar-refractivity contribution is -0.128. The molecule has 1 amide bonds. The maximum atomic E-state index is 13.4. The molecule has 226 valence electrons. The van der Waals surface area contributed by atoms with Gasteiger partial charge in [0, 0.05) is 51.1 Å². The second-order valence-electron chi connectivity index (χ2n) is 11.2. The van der Waals surface area contributed by atoms with E-state index in [1.807, 2.05) is 0 Å². The first-order valence-electron chi connectivity index (χ1n) is 14.8. The van der Waals surface area contributed by atoms with Gasteiger partial charge in [0.2, 0.25) is 0 Å². The molecule has 0 aliphatic carbocycles. The Bertz CT molecular complexity index is 1070. The molecule has 3 aliphatic rings. The molecule has 4 N–H and O–H groups in total. The van der Waals surface area contributed by atoms with Gasteiger partial charge in [0.25, 0.3) is 5.91 Å². The zero-order chi connectivity index (χ0) is 29.2. The summed E-state index contributed by atoms with van der Waals surface area (Å²) >= 11 is 0. The van der Waals surface area contributed by atoms with Crippen LogP contribution in [0.15, 0.2) is 53.3 Å². The van der Waals surface area contributed by atoms with Crippen molar-refractivity contribution < 1.29 is 23.4 Å². The number of carbonyl (C=O) groups is 1. The molecule has 0 spiro atoms. The normalized spacial score (nSPS) is 26.6. The zero-order valence-electron chi connectivity index (χ0n) is 24.4. The topological polar surface area (TPSA) is 110 Å². The van der Waals surface area contributed by atoms with Crippen LogP contribution in [0.3, 0.4) is 0 Å². The summed E-state index contributed by atoms with van der Waals surface area (Å²) in [5.74, 6) is -0.521. The smallest absolute Gasteiger partial charge is 0.272 e. The largest absolute Gasteiger partial charge is 0.385 e. The van der Waals surface area contributed by atoms with E-state index in [4.69, 9.17) is 19.9 Å². The molecule has 0 aromatic heterocycles. The van der Waals surface area contributed by atoms with Crippen LogP contribution in [0.5, 0.6) is 0 Å². The van der Waals surface area contributed by atoms with Gasteiger partial charge in [0.05, 0.1) is 24.9 Å². The summed E-state index contributed by atoms with van der Waals surface area (Å²) in [6.07, 6.45) is 7.16. The number of nitrogens with two attached hydrogens (primary N) is 1. The van der Waals surface area contributed by atoms with E-state index in [2.05, 4.69) is 53.4 Å². The number of methoxy groups -OCH3 is 1. The van der Waals surface area contributed by atoms with E-state index in [0.717, 1.165) is 45.1 Å². The number of rotatable bonds is 11. The van der Waals surface area contributed by atoms with E-state index >= 15 is 0 Å². The molecule has 4 atom stereocenters. The summed E-state index contributed by atoms with van der Waals surface area (Å²) in [6, 6.07) is 8.99. The van der Waals surface area contributed by atoms with E-state index < -0.39 is 6.67 Å². The molecular weight excluding hydrogens is 525 g/mol. The molecule has 0 radical (unpaired) electrons. The van der Waals surface area contributed by atoms with Gasteiger partial charge in [-0.2, -0.15) is 0 Å². The first-order chi connectivity index (χ1) is 19.9. The minimum Gasteiger partial charge on any atom is -0.385 e. The fraction of sp³-hybridized carbons (Fsp3) is 0.613. The Morgan fingerprint density at radius 3 is 2.68 bits per heavy atom. The van der Waals surface area contributed by atoms with Gasteiger partial charge in [0.15, 0.2) is 0 Å². The Labute approximate surface area is 243 Å². The maximum Gasteiger partial charge on any atom is 0.272 e. The van der Waals surface area contributed by atoms with Gasteiger partial charge in [-0.05, 0) is 57.1 Å². The third kappa shape index (κ3) is 9.10. The van der Waals surface area contributed by atoms with E-state index in [9.17, 15) is 9.18 Å². The Kier molecular flexibility index (Phi) is 11.7. The number of carbonyl (C=O) groups excluding carboxylic acids is 1. The second kappa shape index (κ2) is 15.4. The summed E-state index contributed by atoms with van der Waals surface area (Å²) in [5.41, 5.74) is 8.70. The van der Waals surface area contributed by atoms with Gasteiger partial charge in [-0.3, -0.25) is 4.79 Å². The number of aryl methyl sites for hydroxylation is 1. The molecule has 3 saturated heterocycles. The van der Waals surface area contributed by atoms with Crippen LogP contribution < -0.4 is 16.4 Å². The Balaban J connectivity index is 1.31. The molecular formula is C31H46FN5O4. The average Bonchev–Trinajstić information content (AvgIpc) is 3.00. The summed E-state index contributed by atoms with van der Waals surface area (Å²) in [6.45, 7) is 8.20. The number of amides is 1. The molecule has 10 heteroatoms. The van der Waals surface area contributed by atoms with Crippen molar-refractivity contribution in [2.45, 2.75) is 75.8 Å². The fourth-order valence-electron chi connectivity index (χ4n) is 5.71. The van der Waals surface area contributed by atoms with Gasteiger partial charge < -0.3 is 35.5 Å². The number of amidine groups is 1. The minimum absolute atomic E-state index is 0.0127. The Morgan fingerprint density at radius 2 is 1.98 bits per heavy atom. The minimum atomic E-state index is -0.932. The van der Waals surface area contributed by atoms with Crippen LogP contribution >= 0.6 is 0 Å². The average molecular weight is 572 g/mol. The van der Waals surface area contributed by atoms with Gasteiger partial charge >= 0.3 is 0 Å². The van der Waals surface area contributed by atoms with Crippen LogP contribution in [-0.4, -0.2) is 87.6 Å². The summed E-state index contributed by atoms with van der Waals surface area (Å²) in [4.78, 5) is 19.3. The molecule has 3 aliphatic heterocycles. The molecule has 0 bridgehead atoms. The lowest BCUT2D eigenvalue weighted by Gasteiger charge is -2.38. The number of aliphatic imine (C=N–C) groups is 1. The van der Waals surface area contributed by atoms with Crippen LogP contribution in [-0.2, 0) is 19.0 Å². The molecule has 1 aromatic carbocycles. The fourth-order valence-corrected chi connectivity index (χ4v) is 5.71. The van der Waals surface area contributed by atoms with Crippen LogP contribution in [0.4, 0.5) is 4.39 Å². The predicted octanol–water partition coefficient (Wildman–Crippen LogP) is 3.30. The molecule has 9 nitrogen and oxygen atoms in total. The standard InChI is InChI=1S/C31H46FN5O4/c1-21-7-9-23(10-8-21)28-6-4-5-25(41-28)19-34-22(2)17-27(36-30(33)18-32)31(38)37-14-11-24(12-15-37)35-26-13-16-40-20-29(26)39-3/h7-10,17,24-26,28-29,34-35H,2,4-6,11-16,18-20H2,1,3H3,(H2,33,36)/b27-17-/t25-,26+,28+,29-/m1/s1. The summed E-state index contributed by atoms with van der Waals surface area (Å²) in [7, 11) is 1.71. The highest BCUT2D eigenvalue weighted by molar-refractivity contribution is 5.97. The monoisotopic (exact) mass is 571 g/mol. The van der Waals surface area contributed by atoms with Crippen molar-refractivity contribution in [1.82, 2.24) is 15.5 Å². The molecule has 0 saturated carbocycles. The van der Waals surface area contributed by atoms with Crippen molar-refractivity contribution in [2.75, 3.05) is 46.6 Å². The highest BCUT2D eigenvalue weighted by Gasteiger charge is 2.31. The molecule has 3 heterocycles. The van der Waals surface area contributed by atoms with Crippen molar-refractivity contribution in [2.24, 2.45) is 10.7 Å². The number of hydrogen-bond acceptors (Lipinski definition) is 7. The number of benzene rings is 1. The van der Waals surface area contributed by atoms with Crippen molar-refractivity contribution in [1.29, 1.82) is 0 Å². The van der Waals surface area contributed by atoms with Crippen molar-refractivity contribution in [3.63, 3.8) is 0 Å². The van der Waals surface area contributed by atoms with Gasteiger partial charge in [-0.1, -0.05) is 36.4 Å². The number of hydrogen-bond donors (Lipinski definition) is 3. The molecule has 1 aromatic rings. The van der Waals surface area contributed by atoms with Crippen molar-refractivity contribution in [3.05, 3.63) is 59.4 Å². The number of halogens is 1. The third-order valence-corrected chi connectivity index (χ3v) is 8.12. The number of piperidine rings is 1. The zero-order valence-corrected chi connectivity index (χ0v) is 24.4. The number of nitrogens with zero attached hydrogens (tertiary/aromatic N) is 2. The first-order valence-corrected chi connectivity index (χ1v) is 14.8. The lowest BCUT2D eigenvalue weighted by Crippen LogP contribution is -2.54. The van der Waals surface area contributed by atoms with E-state index in [1.54, 1.807) is 18.1 Å². The molecule has 0 unspecified atom stereocenters. The van der Waals surface area contributed by atoms with Gasteiger partial charge in [-0.15, -0.1) is 0 Å². The number of nitrogens with one attached hydrogen (secondary N) is 2. The number of alkyl halides is 1. The van der Waals surface area contributed by atoms with Crippen LogP contribution in [0.1, 0.15) is 55.8 Å². The lowest BCUT2D eigenvalue weighted by atomic mass is 9.97. The SMILES string of the molecule is C=C(/C=C(\N=C(N)CF)C(=O)N1CCC(N[C@H]2CCOC[C@H]2OC)CC1)NC[C@H]1CCC[C@@H](c2ccc(C)cc2)O1. The van der Waals surface area contributed by atoms with Gasteiger partial charge in [0.1, 0.15) is 18.2 Å². The molecule has 41 heavy (non-hydrogen) atoms.